The van der Waals surface area contributed by atoms with Crippen molar-refractivity contribution in [3.8, 4) is 0 Å². The van der Waals surface area contributed by atoms with Crippen molar-refractivity contribution in [3.63, 3.8) is 0 Å². The van der Waals surface area contributed by atoms with Crippen molar-refractivity contribution in [1.29, 1.82) is 0 Å². The molecule has 0 spiro atoms. The molecule has 1 aromatic carbocycles. The minimum Gasteiger partial charge on any atom is -0.477 e. The van der Waals surface area contributed by atoms with Gasteiger partial charge in [0.15, 0.2) is 5.69 Å². The van der Waals surface area contributed by atoms with Crippen molar-refractivity contribution in [2.75, 3.05) is 17.6 Å². The lowest BCUT2D eigenvalue weighted by Crippen LogP contribution is -2.18. The van der Waals surface area contributed by atoms with Gasteiger partial charge < -0.3 is 10.4 Å². The van der Waals surface area contributed by atoms with Gasteiger partial charge in [-0.25, -0.2) is 23.3 Å². The molecule has 0 bridgehead atoms. The largest absolute Gasteiger partial charge is 0.477 e. The van der Waals surface area contributed by atoms with Gasteiger partial charge in [0, 0.05) is 17.6 Å². The zero-order valence-electron chi connectivity index (χ0n) is 11.1. The number of pyridine rings is 1. The molecule has 7 nitrogen and oxygen atoms in total. The van der Waals surface area contributed by atoms with Gasteiger partial charge in [-0.15, -0.1) is 0 Å². The van der Waals surface area contributed by atoms with Crippen LogP contribution in [-0.4, -0.2) is 36.8 Å². The number of nitrogens with two attached hydrogens (primary N) is 1. The Morgan fingerprint density at radius 3 is 2.71 bits per heavy atom. The molecule has 0 aliphatic heterocycles. The summed E-state index contributed by atoms with van der Waals surface area (Å²) in [6.07, 6.45) is 0.331. The third-order valence-electron chi connectivity index (χ3n) is 2.86. The Hall–Kier alpha value is -2.19. The zero-order valence-corrected chi connectivity index (χ0v) is 11.9. The molecular formula is C13H15N3O4S. The van der Waals surface area contributed by atoms with Crippen LogP contribution in [0.4, 0.5) is 5.69 Å². The van der Waals surface area contributed by atoms with Crippen molar-refractivity contribution in [3.05, 3.63) is 36.0 Å². The Bertz CT molecular complexity index is 774. The van der Waals surface area contributed by atoms with Gasteiger partial charge in [0.1, 0.15) is 0 Å². The van der Waals surface area contributed by atoms with E-state index in [9.17, 15) is 13.2 Å². The summed E-state index contributed by atoms with van der Waals surface area (Å²) < 4.78 is 21.7. The molecular weight excluding hydrogens is 294 g/mol. The van der Waals surface area contributed by atoms with Crippen LogP contribution in [-0.2, 0) is 10.0 Å². The fourth-order valence-electron chi connectivity index (χ4n) is 1.93. The predicted molar refractivity (Wildman–Crippen MR) is 79.8 cm³/mol. The number of fused-ring (bicyclic) bond motifs is 1. The molecule has 0 atom stereocenters. The third kappa shape index (κ3) is 4.14. The average Bonchev–Trinajstić information content (AvgIpc) is 2.42. The number of aromatic carboxylic acids is 1. The Balaban J connectivity index is 2.23. The van der Waals surface area contributed by atoms with Gasteiger partial charge in [0.2, 0.25) is 10.0 Å². The highest BCUT2D eigenvalue weighted by molar-refractivity contribution is 7.89. The highest BCUT2D eigenvalue weighted by Crippen LogP contribution is 2.23. The number of para-hydroxylation sites is 1. The summed E-state index contributed by atoms with van der Waals surface area (Å²) in [6.45, 7) is 0.365. The van der Waals surface area contributed by atoms with Gasteiger partial charge in [-0.3, -0.25) is 0 Å². The number of benzene rings is 1. The molecule has 1 heterocycles. The minimum atomic E-state index is -3.49. The summed E-state index contributed by atoms with van der Waals surface area (Å²) in [6, 6.07) is 8.56. The number of hydrogen-bond donors (Lipinski definition) is 3. The highest BCUT2D eigenvalue weighted by Gasteiger charge is 2.10. The van der Waals surface area contributed by atoms with E-state index in [1.165, 1.54) is 6.07 Å². The van der Waals surface area contributed by atoms with Gasteiger partial charge >= 0.3 is 5.97 Å². The van der Waals surface area contributed by atoms with Crippen LogP contribution < -0.4 is 10.5 Å². The van der Waals surface area contributed by atoms with Crippen LogP contribution in [0.5, 0.6) is 0 Å². The molecule has 0 aliphatic carbocycles. The van der Waals surface area contributed by atoms with Crippen molar-refractivity contribution in [2.24, 2.45) is 5.14 Å². The fraction of sp³-hybridized carbons (Fsp3) is 0.231. The minimum absolute atomic E-state index is 0.0670. The second kappa shape index (κ2) is 6.06. The van der Waals surface area contributed by atoms with Crippen molar-refractivity contribution < 1.29 is 18.3 Å². The lowest BCUT2D eigenvalue weighted by molar-refractivity contribution is 0.0691. The van der Waals surface area contributed by atoms with E-state index in [1.54, 1.807) is 12.1 Å². The molecule has 2 rings (SSSR count). The monoisotopic (exact) mass is 309 g/mol. The zero-order chi connectivity index (χ0) is 15.5. The Kier molecular flexibility index (Phi) is 4.39. The van der Waals surface area contributed by atoms with Gasteiger partial charge in [-0.05, 0) is 18.6 Å². The van der Waals surface area contributed by atoms with Crippen LogP contribution in [0.15, 0.2) is 30.3 Å². The van der Waals surface area contributed by atoms with Crippen LogP contribution in [0, 0.1) is 0 Å². The molecule has 0 amide bonds. The number of carboxylic acids is 1. The number of sulfonamides is 1. The summed E-state index contributed by atoms with van der Waals surface area (Å²) in [7, 11) is -3.49. The first-order valence-electron chi connectivity index (χ1n) is 6.24. The second-order valence-electron chi connectivity index (χ2n) is 4.52. The molecule has 1 aromatic heterocycles. The SMILES string of the molecule is NS(=O)(=O)CCCNc1cc(C(=O)O)nc2ccccc12. The Morgan fingerprint density at radius 1 is 1.33 bits per heavy atom. The molecule has 0 saturated heterocycles. The normalized spacial score (nSPS) is 11.5. The molecule has 8 heteroatoms. The summed E-state index contributed by atoms with van der Waals surface area (Å²) in [5.74, 6) is -1.25. The van der Waals surface area contributed by atoms with Gasteiger partial charge in [-0.1, -0.05) is 18.2 Å². The lowest BCUT2D eigenvalue weighted by Gasteiger charge is -2.10. The summed E-state index contributed by atoms with van der Waals surface area (Å²) >= 11 is 0. The first-order chi connectivity index (χ1) is 9.87. The number of rotatable bonds is 6. The molecule has 0 radical (unpaired) electrons. The molecule has 0 aliphatic rings. The van der Waals surface area contributed by atoms with Gasteiger partial charge in [-0.2, -0.15) is 0 Å². The molecule has 21 heavy (non-hydrogen) atoms. The van der Waals surface area contributed by atoms with Crippen LogP contribution in [0.1, 0.15) is 16.9 Å². The maximum atomic E-state index is 11.1. The first-order valence-corrected chi connectivity index (χ1v) is 7.96. The topological polar surface area (TPSA) is 122 Å². The van der Waals surface area contributed by atoms with Gasteiger partial charge in [0.25, 0.3) is 0 Å². The maximum Gasteiger partial charge on any atom is 0.354 e. The maximum absolute atomic E-state index is 11.1. The van der Waals surface area contributed by atoms with Crippen LogP contribution >= 0.6 is 0 Å². The summed E-state index contributed by atoms with van der Waals surface area (Å²) in [4.78, 5) is 15.1. The number of nitrogens with one attached hydrogen (secondary N) is 1. The predicted octanol–water partition coefficient (Wildman–Crippen LogP) is 1.02. The van der Waals surface area contributed by atoms with E-state index >= 15 is 0 Å². The molecule has 4 N–H and O–H groups in total. The quantitative estimate of drug-likeness (QED) is 0.685. The van der Waals surface area contributed by atoms with E-state index in [2.05, 4.69) is 10.3 Å². The van der Waals surface area contributed by atoms with E-state index < -0.39 is 16.0 Å². The molecule has 112 valence electrons. The number of carboxylic acid groups (broad SMARTS) is 1. The number of carbonyl (C=O) groups is 1. The number of anilines is 1. The fourth-order valence-corrected chi connectivity index (χ4v) is 2.47. The smallest absolute Gasteiger partial charge is 0.354 e. The summed E-state index contributed by atoms with van der Waals surface area (Å²) in [5.41, 5.74) is 1.10. The van der Waals surface area contributed by atoms with Crippen molar-refractivity contribution in [2.45, 2.75) is 6.42 Å². The number of nitrogens with zero attached hydrogens (tertiary/aromatic N) is 1. The average molecular weight is 309 g/mol. The number of hydrogen-bond acceptors (Lipinski definition) is 5. The molecule has 0 fully saturated rings. The van der Waals surface area contributed by atoms with Crippen LogP contribution in [0.2, 0.25) is 0 Å². The third-order valence-corrected chi connectivity index (χ3v) is 3.71. The van der Waals surface area contributed by atoms with Crippen molar-refractivity contribution in [1.82, 2.24) is 4.98 Å². The summed E-state index contributed by atoms with van der Waals surface area (Å²) in [5, 5.41) is 17.8. The first kappa shape index (κ1) is 15.2. The van der Waals surface area contributed by atoms with Crippen LogP contribution in [0.3, 0.4) is 0 Å². The van der Waals surface area contributed by atoms with E-state index in [4.69, 9.17) is 10.2 Å². The molecule has 0 unspecified atom stereocenters. The molecule has 0 saturated carbocycles. The van der Waals surface area contributed by atoms with Crippen molar-refractivity contribution >= 4 is 32.6 Å². The lowest BCUT2D eigenvalue weighted by atomic mass is 10.1. The molecule has 2 aromatic rings. The van der Waals surface area contributed by atoms with E-state index in [0.717, 1.165) is 5.39 Å². The number of aromatic nitrogens is 1. The van der Waals surface area contributed by atoms with Crippen LogP contribution in [0.25, 0.3) is 10.9 Å². The highest BCUT2D eigenvalue weighted by atomic mass is 32.2. The van der Waals surface area contributed by atoms with E-state index in [1.807, 2.05) is 12.1 Å². The standard InChI is InChI=1S/C13H15N3O4S/c14-21(19,20)7-3-6-15-11-8-12(13(17)18)16-10-5-2-1-4-9(10)11/h1-2,4-5,8H,3,6-7H2,(H,15,16)(H,17,18)(H2,14,19,20). The van der Waals surface area contributed by atoms with E-state index in [-0.39, 0.29) is 11.4 Å². The Morgan fingerprint density at radius 2 is 2.05 bits per heavy atom. The van der Waals surface area contributed by atoms with E-state index in [0.29, 0.717) is 24.2 Å². The second-order valence-corrected chi connectivity index (χ2v) is 6.26. The Labute approximate surface area is 121 Å². The number of primary sulfonamides is 1. The van der Waals surface area contributed by atoms with Gasteiger partial charge in [0.05, 0.1) is 11.3 Å².